The van der Waals surface area contributed by atoms with Gasteiger partial charge in [0.1, 0.15) is 10.6 Å². The fraction of sp³-hybridized carbons (Fsp3) is 0.167. The molecule has 2 N–H and O–H groups in total. The highest BCUT2D eigenvalue weighted by atomic mass is 32.1. The Labute approximate surface area is 174 Å². The van der Waals surface area contributed by atoms with Crippen LogP contribution in [0, 0.1) is 0 Å². The molecule has 0 atom stereocenters. The number of benzene rings is 2. The molecule has 0 unspecified atom stereocenters. The molecule has 2 aromatic carbocycles. The van der Waals surface area contributed by atoms with E-state index in [1.54, 1.807) is 7.11 Å². The second-order valence-corrected chi connectivity index (χ2v) is 7.85. The van der Waals surface area contributed by atoms with Gasteiger partial charge in [0.25, 0.3) is 5.91 Å². The summed E-state index contributed by atoms with van der Waals surface area (Å²) in [7, 11) is 1.66. The van der Waals surface area contributed by atoms with Crippen LogP contribution in [0.5, 0.6) is 5.75 Å². The molecule has 4 rings (SSSR count). The maximum Gasteiger partial charge on any atom is 0.259 e. The number of nitrogens with zero attached hydrogens (tertiary/aromatic N) is 1. The van der Waals surface area contributed by atoms with Crippen molar-refractivity contribution in [1.82, 2.24) is 4.98 Å². The van der Waals surface area contributed by atoms with Crippen molar-refractivity contribution in [3.05, 3.63) is 71.1 Å². The van der Waals surface area contributed by atoms with E-state index in [1.807, 2.05) is 54.6 Å². The first-order chi connectivity index (χ1) is 14.1. The van der Waals surface area contributed by atoms with Crippen LogP contribution in [0.4, 0.5) is 0 Å². The van der Waals surface area contributed by atoms with Crippen LogP contribution in [0.2, 0.25) is 0 Å². The smallest absolute Gasteiger partial charge is 0.259 e. The van der Waals surface area contributed by atoms with Crippen LogP contribution in [-0.4, -0.2) is 18.0 Å². The number of pyridine rings is 1. The first-order valence-corrected chi connectivity index (χ1v) is 10.4. The van der Waals surface area contributed by atoms with E-state index in [0.717, 1.165) is 56.8 Å². The molecule has 2 heterocycles. The molecular formula is C24H22N2O2S. The van der Waals surface area contributed by atoms with Gasteiger partial charge >= 0.3 is 0 Å². The highest BCUT2D eigenvalue weighted by Gasteiger charge is 2.21. The average Bonchev–Trinajstić information content (AvgIpc) is 3.13. The molecule has 0 saturated carbocycles. The van der Waals surface area contributed by atoms with Gasteiger partial charge in [-0.05, 0) is 41.3 Å². The zero-order valence-corrected chi connectivity index (χ0v) is 17.3. The van der Waals surface area contributed by atoms with Crippen molar-refractivity contribution in [1.29, 1.82) is 0 Å². The Morgan fingerprint density at radius 2 is 1.79 bits per heavy atom. The van der Waals surface area contributed by atoms with Crippen LogP contribution in [0.1, 0.15) is 28.6 Å². The Hall–Kier alpha value is -3.18. The van der Waals surface area contributed by atoms with Crippen molar-refractivity contribution in [3.8, 4) is 28.1 Å². The third-order valence-corrected chi connectivity index (χ3v) is 6.10. The van der Waals surface area contributed by atoms with Crippen molar-refractivity contribution in [2.24, 2.45) is 5.73 Å². The first kappa shape index (κ1) is 19.2. The maximum absolute atomic E-state index is 12.1. The number of rotatable bonds is 6. The molecule has 0 bridgehead atoms. The summed E-state index contributed by atoms with van der Waals surface area (Å²) in [6, 6.07) is 20.2. The van der Waals surface area contributed by atoms with Gasteiger partial charge in [0.05, 0.1) is 17.7 Å². The number of aromatic nitrogens is 1. The molecule has 0 aliphatic rings. The van der Waals surface area contributed by atoms with Crippen molar-refractivity contribution in [2.75, 3.05) is 7.11 Å². The lowest BCUT2D eigenvalue weighted by molar-refractivity contribution is 0.100. The summed E-state index contributed by atoms with van der Waals surface area (Å²) in [4.78, 5) is 18.5. The zero-order valence-electron chi connectivity index (χ0n) is 16.4. The number of hydrogen-bond donors (Lipinski definition) is 1. The molecule has 1 amide bonds. The normalized spacial score (nSPS) is 11.0. The number of amides is 1. The minimum Gasteiger partial charge on any atom is -0.497 e. The molecule has 4 nitrogen and oxygen atoms in total. The Morgan fingerprint density at radius 3 is 2.41 bits per heavy atom. The third kappa shape index (κ3) is 3.61. The molecule has 0 aliphatic carbocycles. The number of aryl methyl sites for hydroxylation is 1. The minimum absolute atomic E-state index is 0.390. The van der Waals surface area contributed by atoms with E-state index in [0.29, 0.717) is 4.88 Å². The second-order valence-electron chi connectivity index (χ2n) is 6.85. The highest BCUT2D eigenvalue weighted by Crippen LogP contribution is 2.40. The molecule has 5 heteroatoms. The Balaban J connectivity index is 2.04. The molecule has 0 aliphatic heterocycles. The van der Waals surface area contributed by atoms with Gasteiger partial charge in [0.2, 0.25) is 0 Å². The monoisotopic (exact) mass is 402 g/mol. The second kappa shape index (κ2) is 8.05. The van der Waals surface area contributed by atoms with Crippen LogP contribution < -0.4 is 10.5 Å². The van der Waals surface area contributed by atoms with Gasteiger partial charge in [-0.1, -0.05) is 55.8 Å². The molecule has 0 saturated heterocycles. The van der Waals surface area contributed by atoms with Crippen molar-refractivity contribution < 1.29 is 9.53 Å². The summed E-state index contributed by atoms with van der Waals surface area (Å²) in [6.07, 6.45) is 1.71. The third-order valence-electron chi connectivity index (χ3n) is 4.96. The molecule has 0 radical (unpaired) electrons. The van der Waals surface area contributed by atoms with E-state index in [1.165, 1.54) is 11.3 Å². The van der Waals surface area contributed by atoms with Crippen molar-refractivity contribution in [3.63, 3.8) is 0 Å². The fourth-order valence-corrected chi connectivity index (χ4v) is 4.70. The lowest BCUT2D eigenvalue weighted by Crippen LogP contribution is -2.11. The van der Waals surface area contributed by atoms with Gasteiger partial charge in [0, 0.05) is 10.9 Å². The molecule has 29 heavy (non-hydrogen) atoms. The Bertz CT molecular complexity index is 1170. The van der Waals surface area contributed by atoms with E-state index < -0.39 is 5.91 Å². The van der Waals surface area contributed by atoms with Crippen LogP contribution in [0.3, 0.4) is 0 Å². The van der Waals surface area contributed by atoms with Gasteiger partial charge in [-0.15, -0.1) is 11.3 Å². The van der Waals surface area contributed by atoms with E-state index in [2.05, 4.69) is 13.0 Å². The van der Waals surface area contributed by atoms with Gasteiger partial charge in [-0.25, -0.2) is 4.98 Å². The minimum atomic E-state index is -0.390. The summed E-state index contributed by atoms with van der Waals surface area (Å²) >= 11 is 1.39. The van der Waals surface area contributed by atoms with Crippen LogP contribution in [0.15, 0.2) is 60.7 Å². The van der Waals surface area contributed by atoms with Crippen LogP contribution in [-0.2, 0) is 6.42 Å². The fourth-order valence-electron chi connectivity index (χ4n) is 3.60. The van der Waals surface area contributed by atoms with Gasteiger partial charge in [-0.3, -0.25) is 4.79 Å². The number of methoxy groups -OCH3 is 1. The van der Waals surface area contributed by atoms with Gasteiger partial charge in [-0.2, -0.15) is 0 Å². The van der Waals surface area contributed by atoms with Crippen molar-refractivity contribution >= 4 is 27.5 Å². The first-order valence-electron chi connectivity index (χ1n) is 9.58. The highest BCUT2D eigenvalue weighted by molar-refractivity contribution is 7.20. The average molecular weight is 403 g/mol. The van der Waals surface area contributed by atoms with Crippen LogP contribution >= 0.6 is 11.3 Å². The lowest BCUT2D eigenvalue weighted by atomic mass is 9.96. The molecular weight excluding hydrogens is 380 g/mol. The van der Waals surface area contributed by atoms with Crippen LogP contribution in [0.25, 0.3) is 32.6 Å². The molecule has 0 spiro atoms. The standard InChI is InChI=1S/C24H22N2O2S/c1-3-7-18-21-19(15-10-12-17(28-2)13-11-15)14-20(16-8-5-4-6-9-16)26-24(21)29-22(18)23(25)27/h4-6,8-14H,3,7H2,1-2H3,(H2,25,27). The number of primary amides is 1. The Morgan fingerprint density at radius 1 is 1.07 bits per heavy atom. The summed E-state index contributed by atoms with van der Waals surface area (Å²) in [5.41, 5.74) is 10.7. The quantitative estimate of drug-likeness (QED) is 0.450. The predicted octanol–water partition coefficient (Wildman–Crippen LogP) is 5.69. The number of carbonyl (C=O) groups excluding carboxylic acids is 1. The molecule has 0 fully saturated rings. The van der Waals surface area contributed by atoms with E-state index in [-0.39, 0.29) is 0 Å². The van der Waals surface area contributed by atoms with E-state index in [4.69, 9.17) is 15.5 Å². The lowest BCUT2D eigenvalue weighted by Gasteiger charge is -2.11. The van der Waals surface area contributed by atoms with E-state index >= 15 is 0 Å². The molecule has 4 aromatic rings. The number of carbonyl (C=O) groups is 1. The topological polar surface area (TPSA) is 65.2 Å². The van der Waals surface area contributed by atoms with Crippen molar-refractivity contribution in [2.45, 2.75) is 19.8 Å². The number of hydrogen-bond acceptors (Lipinski definition) is 4. The molecule has 146 valence electrons. The Kier molecular flexibility index (Phi) is 5.32. The number of nitrogens with two attached hydrogens (primary N) is 1. The summed E-state index contributed by atoms with van der Waals surface area (Å²) in [6.45, 7) is 2.10. The maximum atomic E-state index is 12.1. The summed E-state index contributed by atoms with van der Waals surface area (Å²) in [5, 5.41) is 1.02. The predicted molar refractivity (Wildman–Crippen MR) is 120 cm³/mol. The number of thiophene rings is 1. The summed E-state index contributed by atoms with van der Waals surface area (Å²) in [5.74, 6) is 0.414. The van der Waals surface area contributed by atoms with Gasteiger partial charge < -0.3 is 10.5 Å². The van der Waals surface area contributed by atoms with E-state index in [9.17, 15) is 4.79 Å². The largest absolute Gasteiger partial charge is 0.497 e. The molecule has 2 aromatic heterocycles. The summed E-state index contributed by atoms with van der Waals surface area (Å²) < 4.78 is 5.31. The number of ether oxygens (including phenoxy) is 1. The zero-order chi connectivity index (χ0) is 20.4. The number of fused-ring (bicyclic) bond motifs is 1. The van der Waals surface area contributed by atoms with Gasteiger partial charge in [0.15, 0.2) is 0 Å². The SMILES string of the molecule is CCCc1c(C(N)=O)sc2nc(-c3ccccc3)cc(-c3ccc(OC)cc3)c12.